The minimum absolute atomic E-state index is 0.0849. The van der Waals surface area contributed by atoms with E-state index in [2.05, 4.69) is 10.3 Å². The second-order valence-corrected chi connectivity index (χ2v) is 7.69. The number of anilines is 1. The normalized spacial score (nSPS) is 13.3. The Hall–Kier alpha value is -4.15. The van der Waals surface area contributed by atoms with Gasteiger partial charge in [-0.05, 0) is 31.2 Å². The molecule has 0 amide bonds. The van der Waals surface area contributed by atoms with Crippen molar-refractivity contribution in [3.05, 3.63) is 91.4 Å². The number of ether oxygens (including phenoxy) is 1. The quantitative estimate of drug-likeness (QED) is 0.154. The molecule has 0 aliphatic heterocycles. The first-order valence-electron chi connectivity index (χ1n) is 10.6. The molecule has 3 rings (SSSR count). The highest BCUT2D eigenvalue weighted by atomic mass is 19.4. The zero-order valence-electron chi connectivity index (χ0n) is 19.3. The van der Waals surface area contributed by atoms with Crippen LogP contribution in [0.2, 0.25) is 0 Å². The summed E-state index contributed by atoms with van der Waals surface area (Å²) in [4.78, 5) is 26.1. The monoisotopic (exact) mass is 570 g/mol. The molecule has 0 aliphatic rings. The van der Waals surface area contributed by atoms with Crippen LogP contribution in [-0.2, 0) is 23.3 Å². The van der Waals surface area contributed by atoms with Crippen molar-refractivity contribution in [3.8, 4) is 5.69 Å². The van der Waals surface area contributed by atoms with Gasteiger partial charge in [-0.2, -0.15) is 39.5 Å². The largest absolute Gasteiger partial charge is 0.433 e. The number of alkyl halides is 9. The average molecular weight is 570 g/mol. The van der Waals surface area contributed by atoms with Crippen LogP contribution in [0.15, 0.2) is 53.3 Å². The Morgan fingerprint density at radius 2 is 1.56 bits per heavy atom. The molecule has 0 fully saturated rings. The summed E-state index contributed by atoms with van der Waals surface area (Å²) in [6.07, 6.45) is -17.7. The van der Waals surface area contributed by atoms with Crippen LogP contribution in [-0.4, -0.2) is 21.1 Å². The molecule has 0 saturated heterocycles. The molecule has 0 aliphatic carbocycles. The molecule has 0 bridgehead atoms. The van der Waals surface area contributed by atoms with Crippen LogP contribution in [0.1, 0.15) is 35.5 Å². The third-order valence-electron chi connectivity index (χ3n) is 5.09. The smallest absolute Gasteiger partial charge is 0.354 e. The van der Waals surface area contributed by atoms with Gasteiger partial charge in [-0.25, -0.2) is 9.55 Å². The van der Waals surface area contributed by atoms with E-state index in [1.807, 2.05) is 0 Å². The minimum Gasteiger partial charge on any atom is -0.354 e. The molecular formula is C22H15F9N4O4. The van der Waals surface area contributed by atoms with Gasteiger partial charge in [-0.1, -0.05) is 6.07 Å². The maximum atomic E-state index is 13.8. The van der Waals surface area contributed by atoms with Crippen molar-refractivity contribution in [2.75, 3.05) is 11.9 Å². The summed E-state index contributed by atoms with van der Waals surface area (Å²) in [5.74, 6) is -1.00. The maximum absolute atomic E-state index is 13.8. The van der Waals surface area contributed by atoms with E-state index in [9.17, 15) is 54.4 Å². The molecular weight excluding hydrogens is 555 g/mol. The summed E-state index contributed by atoms with van der Waals surface area (Å²) < 4.78 is 126. The lowest BCUT2D eigenvalue weighted by molar-refractivity contribution is -0.384. The lowest BCUT2D eigenvalue weighted by atomic mass is 10.0. The van der Waals surface area contributed by atoms with Crippen molar-refractivity contribution in [2.45, 2.75) is 31.7 Å². The molecule has 1 atom stereocenters. The molecule has 0 spiro atoms. The van der Waals surface area contributed by atoms with Crippen molar-refractivity contribution in [1.29, 1.82) is 0 Å². The molecule has 39 heavy (non-hydrogen) atoms. The number of aromatic nitrogens is 2. The van der Waals surface area contributed by atoms with E-state index in [-0.39, 0.29) is 24.4 Å². The van der Waals surface area contributed by atoms with Gasteiger partial charge in [-0.3, -0.25) is 14.9 Å². The second-order valence-electron chi connectivity index (χ2n) is 7.69. The molecule has 2 aromatic carbocycles. The highest BCUT2D eigenvalue weighted by Gasteiger charge is 2.40. The van der Waals surface area contributed by atoms with Crippen molar-refractivity contribution in [3.63, 3.8) is 0 Å². The van der Waals surface area contributed by atoms with Gasteiger partial charge in [0, 0.05) is 30.4 Å². The molecule has 1 N–H and O–H groups in total. The number of hydrogen-bond acceptors (Lipinski definition) is 6. The SMILES string of the molecule is CCOC(Nc1nc(C(F)(F)F)cc(=O)n1-c1ccc([N+](=O)[O-])cc1)c1ccc(C(F)(F)F)cc1C(F)(F)F. The fraction of sp³-hybridized carbons (Fsp3) is 0.273. The van der Waals surface area contributed by atoms with Crippen molar-refractivity contribution in [1.82, 2.24) is 9.55 Å². The van der Waals surface area contributed by atoms with Gasteiger partial charge >= 0.3 is 18.5 Å². The Morgan fingerprint density at radius 3 is 2.05 bits per heavy atom. The molecule has 0 radical (unpaired) electrons. The molecule has 17 heteroatoms. The zero-order valence-corrected chi connectivity index (χ0v) is 19.3. The van der Waals surface area contributed by atoms with Crippen molar-refractivity contribution >= 4 is 11.6 Å². The molecule has 0 saturated carbocycles. The summed E-state index contributed by atoms with van der Waals surface area (Å²) in [6, 6.07) is 4.39. The van der Waals surface area contributed by atoms with E-state index in [4.69, 9.17) is 4.74 Å². The maximum Gasteiger partial charge on any atom is 0.433 e. The topological polar surface area (TPSA) is 99.3 Å². The number of benzene rings is 2. The number of rotatable bonds is 7. The highest BCUT2D eigenvalue weighted by Crippen LogP contribution is 2.40. The van der Waals surface area contributed by atoms with Gasteiger partial charge in [0.15, 0.2) is 11.9 Å². The Bertz CT molecular complexity index is 1420. The van der Waals surface area contributed by atoms with Crippen LogP contribution >= 0.6 is 0 Å². The van der Waals surface area contributed by atoms with Gasteiger partial charge < -0.3 is 10.1 Å². The zero-order chi connectivity index (χ0) is 29.3. The van der Waals surface area contributed by atoms with Crippen LogP contribution in [0.4, 0.5) is 51.1 Å². The molecule has 1 heterocycles. The van der Waals surface area contributed by atoms with Gasteiger partial charge in [0.1, 0.15) is 0 Å². The Kier molecular flexibility index (Phi) is 7.95. The standard InChI is InChI=1S/C22H15F9N4O4/c1-2-39-18(14-8-3-11(20(23,24)25)9-15(14)21(26,27)28)33-19-32-16(22(29,30)31)10-17(36)34(19)12-4-6-13(7-5-12)35(37)38/h3-10,18H,2H2,1H3,(H,32,33). The summed E-state index contributed by atoms with van der Waals surface area (Å²) in [6.45, 7) is 0.908. The van der Waals surface area contributed by atoms with E-state index in [0.29, 0.717) is 16.7 Å². The molecule has 1 unspecified atom stereocenters. The lowest BCUT2D eigenvalue weighted by Gasteiger charge is -2.25. The minimum atomic E-state index is -5.35. The lowest BCUT2D eigenvalue weighted by Crippen LogP contribution is -2.29. The van der Waals surface area contributed by atoms with Crippen LogP contribution in [0, 0.1) is 10.1 Å². The fourth-order valence-electron chi connectivity index (χ4n) is 3.40. The predicted molar refractivity (Wildman–Crippen MR) is 116 cm³/mol. The van der Waals surface area contributed by atoms with E-state index in [1.165, 1.54) is 6.92 Å². The first-order chi connectivity index (χ1) is 17.9. The van der Waals surface area contributed by atoms with Crippen LogP contribution in [0.5, 0.6) is 0 Å². The summed E-state index contributed by atoms with van der Waals surface area (Å²) >= 11 is 0. The first kappa shape index (κ1) is 29.4. The highest BCUT2D eigenvalue weighted by molar-refractivity contribution is 5.48. The Labute approximate surface area is 211 Å². The molecule has 210 valence electrons. The number of halogens is 9. The number of nitrogens with one attached hydrogen (secondary N) is 1. The number of nitrogens with zero attached hydrogens (tertiary/aromatic N) is 3. The van der Waals surface area contributed by atoms with Gasteiger partial charge in [0.05, 0.1) is 21.7 Å². The van der Waals surface area contributed by atoms with Crippen LogP contribution in [0.3, 0.4) is 0 Å². The average Bonchev–Trinajstić information content (AvgIpc) is 2.81. The number of nitro groups is 1. The van der Waals surface area contributed by atoms with Gasteiger partial charge in [0.2, 0.25) is 5.95 Å². The number of hydrogen-bond donors (Lipinski definition) is 1. The molecule has 3 aromatic rings. The van der Waals surface area contributed by atoms with E-state index >= 15 is 0 Å². The predicted octanol–water partition coefficient (Wildman–Crippen LogP) is 6.34. The Balaban J connectivity index is 2.24. The summed E-state index contributed by atoms with van der Waals surface area (Å²) in [5.41, 5.74) is -8.24. The summed E-state index contributed by atoms with van der Waals surface area (Å²) in [7, 11) is 0. The van der Waals surface area contributed by atoms with Crippen molar-refractivity contribution < 1.29 is 49.2 Å². The summed E-state index contributed by atoms with van der Waals surface area (Å²) in [5, 5.41) is 13.1. The van der Waals surface area contributed by atoms with Crippen molar-refractivity contribution in [2.24, 2.45) is 0 Å². The van der Waals surface area contributed by atoms with E-state index < -0.39 is 69.3 Å². The van der Waals surface area contributed by atoms with Gasteiger partial charge in [-0.15, -0.1) is 0 Å². The third kappa shape index (κ3) is 6.65. The van der Waals surface area contributed by atoms with Gasteiger partial charge in [0.25, 0.3) is 11.2 Å². The first-order valence-corrected chi connectivity index (χ1v) is 10.6. The van der Waals surface area contributed by atoms with E-state index in [0.717, 1.165) is 24.3 Å². The molecule has 1 aromatic heterocycles. The fourth-order valence-corrected chi connectivity index (χ4v) is 3.40. The number of non-ortho nitro benzene ring substituents is 1. The second kappa shape index (κ2) is 10.5. The Morgan fingerprint density at radius 1 is 0.949 bits per heavy atom. The van der Waals surface area contributed by atoms with Crippen LogP contribution < -0.4 is 10.9 Å². The molecule has 8 nitrogen and oxygen atoms in total. The third-order valence-corrected chi connectivity index (χ3v) is 5.09. The van der Waals surface area contributed by atoms with E-state index in [1.54, 1.807) is 0 Å². The number of nitro benzene ring substituents is 1. The van der Waals surface area contributed by atoms with Crippen LogP contribution in [0.25, 0.3) is 5.69 Å².